The third kappa shape index (κ3) is 1.70. The molecule has 3 rings (SSSR count). The van der Waals surface area contributed by atoms with Crippen molar-refractivity contribution in [1.29, 1.82) is 0 Å². The van der Waals surface area contributed by atoms with Gasteiger partial charge in [0.05, 0.1) is 0 Å². The van der Waals surface area contributed by atoms with Crippen LogP contribution in [-0.2, 0) is 14.9 Å². The van der Waals surface area contributed by atoms with Crippen molar-refractivity contribution in [2.45, 2.75) is 30.8 Å². The fourth-order valence-corrected chi connectivity index (χ4v) is 2.55. The Morgan fingerprint density at radius 1 is 1.56 bits per heavy atom. The topological polar surface area (TPSA) is 94.3 Å². The predicted molar refractivity (Wildman–Crippen MR) is 62.9 cm³/mol. The number of hydrogen-bond acceptors (Lipinski definition) is 4. The summed E-state index contributed by atoms with van der Waals surface area (Å²) >= 11 is 0. The lowest BCUT2D eigenvalue weighted by molar-refractivity contribution is -0.124. The Balaban J connectivity index is 1.97. The van der Waals surface area contributed by atoms with Crippen LogP contribution >= 0.6 is 0 Å². The van der Waals surface area contributed by atoms with Gasteiger partial charge in [-0.05, 0) is 18.9 Å². The molecule has 1 saturated carbocycles. The number of nitrogens with two attached hydrogens (primary N) is 1. The van der Waals surface area contributed by atoms with Crippen LogP contribution < -0.4 is 11.1 Å². The smallest absolute Gasteiger partial charge is 0.405 e. The monoisotopic (exact) mass is 247 g/mol. The Hall–Kier alpha value is -2.11. The summed E-state index contributed by atoms with van der Waals surface area (Å²) in [6.45, 7) is 0. The normalized spacial score (nSPS) is 23.8. The molecule has 2 amide bonds. The number of ether oxygens (including phenoxy) is 1. The van der Waals surface area contributed by atoms with E-state index in [0.29, 0.717) is 12.2 Å². The van der Waals surface area contributed by atoms with Crippen molar-refractivity contribution in [1.82, 2.24) is 4.98 Å². The third-order valence-electron chi connectivity index (χ3n) is 3.60. The van der Waals surface area contributed by atoms with Gasteiger partial charge in [0, 0.05) is 23.6 Å². The average Bonchev–Trinajstić information content (AvgIpc) is 3.09. The molecule has 2 aliphatic rings. The fraction of sp³-hybridized carbons (Fsp3) is 0.417. The van der Waals surface area contributed by atoms with Gasteiger partial charge in [-0.3, -0.25) is 4.79 Å². The van der Waals surface area contributed by atoms with E-state index >= 15 is 0 Å². The minimum atomic E-state index is -0.926. The van der Waals surface area contributed by atoms with Crippen LogP contribution in [0.1, 0.15) is 24.8 Å². The Kier molecular flexibility index (Phi) is 2.26. The predicted octanol–water partition coefficient (Wildman–Crippen LogP) is 0.919. The van der Waals surface area contributed by atoms with Crippen LogP contribution in [-0.4, -0.2) is 23.1 Å². The molecule has 1 fully saturated rings. The fourth-order valence-electron chi connectivity index (χ4n) is 2.55. The van der Waals surface area contributed by atoms with E-state index in [1.54, 1.807) is 6.20 Å². The number of carbonyl (C=O) groups is 2. The van der Waals surface area contributed by atoms with Crippen molar-refractivity contribution < 1.29 is 14.3 Å². The molecule has 0 radical (unpaired) electrons. The van der Waals surface area contributed by atoms with Crippen LogP contribution in [0.25, 0.3) is 0 Å². The van der Waals surface area contributed by atoms with Gasteiger partial charge in [0.2, 0.25) is 0 Å². The molecule has 1 aromatic rings. The first-order chi connectivity index (χ1) is 8.61. The molecule has 0 saturated heterocycles. The number of amides is 2. The van der Waals surface area contributed by atoms with Crippen LogP contribution in [0.15, 0.2) is 18.3 Å². The molecule has 1 atom stereocenters. The zero-order valence-corrected chi connectivity index (χ0v) is 9.68. The molecule has 0 bridgehead atoms. The van der Waals surface area contributed by atoms with E-state index in [4.69, 9.17) is 10.5 Å². The standard InChI is InChI=1S/C12H13N3O3/c13-11(17)18-8-6-12(3-4-12)7-2-1-5-14-9(7)15-10(8)16/h1-2,5,8H,3-4,6H2,(H2,13,17)(H,14,15,16). The quantitative estimate of drug-likeness (QED) is 0.771. The first-order valence-corrected chi connectivity index (χ1v) is 5.83. The van der Waals surface area contributed by atoms with E-state index < -0.39 is 12.2 Å². The van der Waals surface area contributed by atoms with Crippen molar-refractivity contribution in [2.75, 3.05) is 5.32 Å². The number of aromatic nitrogens is 1. The maximum Gasteiger partial charge on any atom is 0.405 e. The second-order valence-electron chi connectivity index (χ2n) is 4.80. The average molecular weight is 247 g/mol. The molecule has 3 N–H and O–H groups in total. The van der Waals surface area contributed by atoms with Crippen LogP contribution in [0.3, 0.4) is 0 Å². The van der Waals surface area contributed by atoms with Gasteiger partial charge in [0.1, 0.15) is 5.82 Å². The summed E-state index contributed by atoms with van der Waals surface area (Å²) < 4.78 is 4.89. The zero-order chi connectivity index (χ0) is 12.8. The summed E-state index contributed by atoms with van der Waals surface area (Å²) in [5.74, 6) is 0.202. The molecular weight excluding hydrogens is 234 g/mol. The van der Waals surface area contributed by atoms with Gasteiger partial charge in [-0.1, -0.05) is 6.07 Å². The molecule has 94 valence electrons. The Bertz CT molecular complexity index is 525. The van der Waals surface area contributed by atoms with E-state index in [2.05, 4.69) is 10.3 Å². The van der Waals surface area contributed by atoms with E-state index in [-0.39, 0.29) is 11.3 Å². The van der Waals surface area contributed by atoms with E-state index in [0.717, 1.165) is 18.4 Å². The maximum atomic E-state index is 11.9. The lowest BCUT2D eigenvalue weighted by Gasteiger charge is -2.17. The number of carbonyl (C=O) groups excluding carboxylic acids is 2. The number of nitrogens with zero attached hydrogens (tertiary/aromatic N) is 1. The van der Waals surface area contributed by atoms with Crippen molar-refractivity contribution >= 4 is 17.8 Å². The molecule has 6 heteroatoms. The zero-order valence-electron chi connectivity index (χ0n) is 9.68. The number of fused-ring (bicyclic) bond motifs is 2. The molecule has 1 spiro atoms. The largest absolute Gasteiger partial charge is 0.436 e. The molecule has 18 heavy (non-hydrogen) atoms. The van der Waals surface area contributed by atoms with Crippen molar-refractivity contribution in [3.63, 3.8) is 0 Å². The highest BCUT2D eigenvalue weighted by molar-refractivity contribution is 5.96. The maximum absolute atomic E-state index is 11.9. The second-order valence-corrected chi connectivity index (χ2v) is 4.80. The molecule has 1 unspecified atom stereocenters. The summed E-state index contributed by atoms with van der Waals surface area (Å²) in [5.41, 5.74) is 5.92. The van der Waals surface area contributed by atoms with Gasteiger partial charge >= 0.3 is 6.09 Å². The lowest BCUT2D eigenvalue weighted by Crippen LogP contribution is -2.34. The number of primary amides is 1. The highest BCUT2D eigenvalue weighted by Crippen LogP contribution is 2.54. The molecular formula is C12H13N3O3. The lowest BCUT2D eigenvalue weighted by atomic mass is 9.91. The number of hydrogen-bond donors (Lipinski definition) is 2. The number of pyridine rings is 1. The number of rotatable bonds is 1. The van der Waals surface area contributed by atoms with Crippen molar-refractivity contribution in [3.8, 4) is 0 Å². The van der Waals surface area contributed by atoms with Gasteiger partial charge in [-0.2, -0.15) is 0 Å². The van der Waals surface area contributed by atoms with Crippen LogP contribution in [0.2, 0.25) is 0 Å². The molecule has 1 aromatic heterocycles. The first-order valence-electron chi connectivity index (χ1n) is 5.83. The number of nitrogens with one attached hydrogen (secondary N) is 1. The van der Waals surface area contributed by atoms with E-state index in [1.807, 2.05) is 12.1 Å². The summed E-state index contributed by atoms with van der Waals surface area (Å²) in [6, 6.07) is 3.81. The number of anilines is 1. The van der Waals surface area contributed by atoms with Gasteiger partial charge in [-0.15, -0.1) is 0 Å². The van der Waals surface area contributed by atoms with Gasteiger partial charge < -0.3 is 15.8 Å². The van der Waals surface area contributed by atoms with E-state index in [1.165, 1.54) is 0 Å². The Labute approximate surface area is 104 Å². The highest BCUT2D eigenvalue weighted by Gasteiger charge is 2.51. The van der Waals surface area contributed by atoms with Gasteiger partial charge in [-0.25, -0.2) is 9.78 Å². The summed E-state index contributed by atoms with van der Waals surface area (Å²) in [4.78, 5) is 27.0. The molecule has 2 heterocycles. The summed E-state index contributed by atoms with van der Waals surface area (Å²) in [7, 11) is 0. The molecule has 1 aliphatic heterocycles. The van der Waals surface area contributed by atoms with Gasteiger partial charge in [0.25, 0.3) is 5.91 Å². The first kappa shape index (κ1) is 11.0. The summed E-state index contributed by atoms with van der Waals surface area (Å²) in [5, 5.41) is 2.69. The van der Waals surface area contributed by atoms with Crippen LogP contribution in [0.5, 0.6) is 0 Å². The third-order valence-corrected chi connectivity index (χ3v) is 3.60. The Morgan fingerprint density at radius 2 is 2.33 bits per heavy atom. The molecule has 6 nitrogen and oxygen atoms in total. The van der Waals surface area contributed by atoms with E-state index in [9.17, 15) is 9.59 Å². The highest BCUT2D eigenvalue weighted by atomic mass is 16.6. The summed E-state index contributed by atoms with van der Waals surface area (Å²) in [6.07, 6.45) is 2.28. The molecule has 0 aromatic carbocycles. The van der Waals surface area contributed by atoms with Crippen LogP contribution in [0, 0.1) is 0 Å². The minimum Gasteiger partial charge on any atom is -0.436 e. The minimum absolute atomic E-state index is 0.0944. The second kappa shape index (κ2) is 3.69. The van der Waals surface area contributed by atoms with Crippen LogP contribution in [0.4, 0.5) is 10.6 Å². The van der Waals surface area contributed by atoms with Crippen molar-refractivity contribution in [2.24, 2.45) is 5.73 Å². The molecule has 1 aliphatic carbocycles. The van der Waals surface area contributed by atoms with Crippen molar-refractivity contribution in [3.05, 3.63) is 23.9 Å². The SMILES string of the molecule is NC(=O)OC1CC2(CC2)c2cccnc2NC1=O. The Morgan fingerprint density at radius 3 is 3.00 bits per heavy atom. The van der Waals surface area contributed by atoms with Gasteiger partial charge in [0.15, 0.2) is 6.10 Å².